The summed E-state index contributed by atoms with van der Waals surface area (Å²) >= 11 is 2.10. The molecule has 0 saturated carbocycles. The van der Waals surface area contributed by atoms with Crippen LogP contribution in [0.15, 0.2) is 18.2 Å². The maximum absolute atomic E-state index is 5.41. The van der Waals surface area contributed by atoms with Gasteiger partial charge in [0.25, 0.3) is 0 Å². The summed E-state index contributed by atoms with van der Waals surface area (Å²) in [6.07, 6.45) is 3.72. The van der Waals surface area contributed by atoms with Gasteiger partial charge in [0.05, 0.1) is 14.2 Å². The van der Waals surface area contributed by atoms with E-state index < -0.39 is 0 Å². The van der Waals surface area contributed by atoms with E-state index in [0.29, 0.717) is 10.8 Å². The second-order valence-electron chi connectivity index (χ2n) is 5.86. The number of nitrogens with one attached hydrogen (secondary N) is 1. The van der Waals surface area contributed by atoms with Crippen molar-refractivity contribution in [3.05, 3.63) is 23.8 Å². The second-order valence-corrected chi connectivity index (χ2v) is 7.54. The van der Waals surface area contributed by atoms with Crippen LogP contribution in [0.5, 0.6) is 11.5 Å². The Bertz CT molecular complexity index is 458. The third kappa shape index (κ3) is 4.07. The second kappa shape index (κ2) is 7.41. The highest BCUT2D eigenvalue weighted by molar-refractivity contribution is 8.00. The molecule has 2 rings (SSSR count). The molecular weight excluding hydrogens is 282 g/mol. The minimum absolute atomic E-state index is 0.364. The fourth-order valence-electron chi connectivity index (χ4n) is 2.88. The number of benzene rings is 1. The van der Waals surface area contributed by atoms with Crippen molar-refractivity contribution >= 4 is 11.8 Å². The molecular formula is C17H27NO2S. The Morgan fingerprint density at radius 3 is 2.62 bits per heavy atom. The monoisotopic (exact) mass is 309 g/mol. The number of hydrogen-bond acceptors (Lipinski definition) is 4. The van der Waals surface area contributed by atoms with Crippen molar-refractivity contribution in [3.63, 3.8) is 0 Å². The molecule has 0 radical (unpaired) electrons. The zero-order chi connectivity index (χ0) is 15.3. The molecule has 0 aromatic heterocycles. The first-order chi connectivity index (χ1) is 10.1. The standard InChI is InChI=1S/C17H27NO2S/c1-5-14(18-12-17(2)9-6-10-21-17)13-7-8-15(19-3)16(11-13)20-4/h7-8,11,14,18H,5-6,9-10,12H2,1-4H3. The summed E-state index contributed by atoms with van der Waals surface area (Å²) in [5, 5.41) is 3.74. The first-order valence-electron chi connectivity index (χ1n) is 7.71. The van der Waals surface area contributed by atoms with Gasteiger partial charge < -0.3 is 14.8 Å². The van der Waals surface area contributed by atoms with E-state index in [2.05, 4.69) is 43.1 Å². The molecule has 2 atom stereocenters. The Morgan fingerprint density at radius 1 is 1.29 bits per heavy atom. The Kier molecular flexibility index (Phi) is 5.82. The van der Waals surface area contributed by atoms with E-state index >= 15 is 0 Å². The highest BCUT2D eigenvalue weighted by Crippen LogP contribution is 2.38. The predicted molar refractivity (Wildman–Crippen MR) is 90.7 cm³/mol. The summed E-state index contributed by atoms with van der Waals surface area (Å²) in [6.45, 7) is 5.65. The molecule has 1 heterocycles. The highest BCUT2D eigenvalue weighted by Gasteiger charge is 2.29. The SMILES string of the molecule is CCC(NCC1(C)CCCS1)c1ccc(OC)c(OC)c1. The van der Waals surface area contributed by atoms with Crippen LogP contribution in [0, 0.1) is 0 Å². The summed E-state index contributed by atoms with van der Waals surface area (Å²) in [6, 6.07) is 6.57. The van der Waals surface area contributed by atoms with E-state index in [4.69, 9.17) is 9.47 Å². The highest BCUT2D eigenvalue weighted by atomic mass is 32.2. The first kappa shape index (κ1) is 16.5. The molecule has 1 saturated heterocycles. The molecule has 118 valence electrons. The van der Waals surface area contributed by atoms with Gasteiger partial charge in [-0.2, -0.15) is 11.8 Å². The Labute approximate surface area is 132 Å². The number of hydrogen-bond donors (Lipinski definition) is 1. The molecule has 4 heteroatoms. The molecule has 0 bridgehead atoms. The third-order valence-corrected chi connectivity index (χ3v) is 5.78. The van der Waals surface area contributed by atoms with Crippen LogP contribution in [0.1, 0.15) is 44.7 Å². The molecule has 1 N–H and O–H groups in total. The summed E-state index contributed by atoms with van der Waals surface area (Å²) < 4.78 is 11.1. The summed E-state index contributed by atoms with van der Waals surface area (Å²) in [5.74, 6) is 2.89. The first-order valence-corrected chi connectivity index (χ1v) is 8.69. The average molecular weight is 309 g/mol. The van der Waals surface area contributed by atoms with Crippen molar-refractivity contribution in [2.45, 2.75) is 43.9 Å². The van der Waals surface area contributed by atoms with Gasteiger partial charge in [0.15, 0.2) is 11.5 Å². The smallest absolute Gasteiger partial charge is 0.161 e. The van der Waals surface area contributed by atoms with Crippen LogP contribution in [-0.2, 0) is 0 Å². The van der Waals surface area contributed by atoms with Crippen LogP contribution in [0.4, 0.5) is 0 Å². The molecule has 1 aromatic rings. The number of thioether (sulfide) groups is 1. The average Bonchev–Trinajstić information content (AvgIpc) is 2.94. The van der Waals surface area contributed by atoms with Gasteiger partial charge in [-0.05, 0) is 49.6 Å². The molecule has 1 aliphatic rings. The van der Waals surface area contributed by atoms with E-state index in [1.807, 2.05) is 6.07 Å². The van der Waals surface area contributed by atoms with Crippen LogP contribution < -0.4 is 14.8 Å². The molecule has 0 aliphatic carbocycles. The van der Waals surface area contributed by atoms with E-state index in [0.717, 1.165) is 24.5 Å². The van der Waals surface area contributed by atoms with Gasteiger partial charge >= 0.3 is 0 Å². The van der Waals surface area contributed by atoms with Crippen LogP contribution >= 0.6 is 11.8 Å². The van der Waals surface area contributed by atoms with Gasteiger partial charge in [-0.25, -0.2) is 0 Å². The zero-order valence-corrected chi connectivity index (χ0v) is 14.4. The van der Waals surface area contributed by atoms with Crippen LogP contribution in [-0.4, -0.2) is 31.3 Å². The molecule has 0 spiro atoms. The maximum Gasteiger partial charge on any atom is 0.161 e. The molecule has 2 unspecified atom stereocenters. The third-order valence-electron chi connectivity index (χ3n) is 4.24. The molecule has 1 aliphatic heterocycles. The fourth-order valence-corrected chi connectivity index (χ4v) is 4.14. The van der Waals surface area contributed by atoms with E-state index in [1.54, 1.807) is 14.2 Å². The Morgan fingerprint density at radius 2 is 2.05 bits per heavy atom. The van der Waals surface area contributed by atoms with Crippen molar-refractivity contribution < 1.29 is 9.47 Å². The molecule has 21 heavy (non-hydrogen) atoms. The normalized spacial score (nSPS) is 23.0. The van der Waals surface area contributed by atoms with Crippen molar-refractivity contribution in [2.24, 2.45) is 0 Å². The lowest BCUT2D eigenvalue weighted by Crippen LogP contribution is -2.35. The minimum atomic E-state index is 0.364. The van der Waals surface area contributed by atoms with Crippen molar-refractivity contribution in [1.29, 1.82) is 0 Å². The topological polar surface area (TPSA) is 30.5 Å². The summed E-state index contributed by atoms with van der Waals surface area (Å²) in [5.41, 5.74) is 1.27. The lowest BCUT2D eigenvalue weighted by atomic mass is 10.0. The van der Waals surface area contributed by atoms with Crippen molar-refractivity contribution in [3.8, 4) is 11.5 Å². The fraction of sp³-hybridized carbons (Fsp3) is 0.647. The van der Waals surface area contributed by atoms with Gasteiger partial charge in [0.2, 0.25) is 0 Å². The van der Waals surface area contributed by atoms with E-state index in [9.17, 15) is 0 Å². The molecule has 1 aromatic carbocycles. The predicted octanol–water partition coefficient (Wildman–Crippen LogP) is 4.03. The van der Waals surface area contributed by atoms with Gasteiger partial charge in [0.1, 0.15) is 0 Å². The lowest BCUT2D eigenvalue weighted by Gasteiger charge is -2.27. The minimum Gasteiger partial charge on any atom is -0.493 e. The van der Waals surface area contributed by atoms with Crippen LogP contribution in [0.2, 0.25) is 0 Å². The summed E-state index contributed by atoms with van der Waals surface area (Å²) in [7, 11) is 3.36. The van der Waals surface area contributed by atoms with Crippen LogP contribution in [0.3, 0.4) is 0 Å². The Balaban J connectivity index is 2.06. The van der Waals surface area contributed by atoms with Gasteiger partial charge in [-0.1, -0.05) is 13.0 Å². The van der Waals surface area contributed by atoms with Crippen molar-refractivity contribution in [1.82, 2.24) is 5.32 Å². The van der Waals surface area contributed by atoms with E-state index in [-0.39, 0.29) is 0 Å². The Hall–Kier alpha value is -0.870. The number of ether oxygens (including phenoxy) is 2. The maximum atomic E-state index is 5.41. The molecule has 1 fully saturated rings. The number of rotatable bonds is 7. The van der Waals surface area contributed by atoms with Crippen LogP contribution in [0.25, 0.3) is 0 Å². The molecule has 0 amide bonds. The van der Waals surface area contributed by atoms with E-state index in [1.165, 1.54) is 24.2 Å². The van der Waals surface area contributed by atoms with Gasteiger partial charge in [-0.15, -0.1) is 0 Å². The number of methoxy groups -OCH3 is 2. The van der Waals surface area contributed by atoms with Gasteiger partial charge in [-0.3, -0.25) is 0 Å². The molecule has 3 nitrogen and oxygen atoms in total. The quantitative estimate of drug-likeness (QED) is 0.824. The van der Waals surface area contributed by atoms with Gasteiger partial charge in [0, 0.05) is 17.3 Å². The zero-order valence-electron chi connectivity index (χ0n) is 13.6. The largest absolute Gasteiger partial charge is 0.493 e. The van der Waals surface area contributed by atoms with Crippen molar-refractivity contribution in [2.75, 3.05) is 26.5 Å². The summed E-state index contributed by atoms with van der Waals surface area (Å²) in [4.78, 5) is 0. The lowest BCUT2D eigenvalue weighted by molar-refractivity contribution is 0.353.